The van der Waals surface area contributed by atoms with E-state index in [1.807, 2.05) is 0 Å². The third-order valence-corrected chi connectivity index (χ3v) is 7.19. The number of rotatable bonds is 2. The van der Waals surface area contributed by atoms with Crippen LogP contribution in [0.1, 0.15) is 52.3 Å². The lowest BCUT2D eigenvalue weighted by atomic mass is 9.88. The molecule has 0 amide bonds. The third-order valence-electron chi connectivity index (χ3n) is 5.27. The average molecular weight is 330 g/mol. The minimum absolute atomic E-state index is 0.567. The molecule has 2 aliphatic rings. The SMILES string of the molecule is CC1=Cc2c(cc3c(c2-c2cc(C)cc(C)c2)CCC3)C1[Si][Si]. The fraction of sp³-hybridized carbons (Fsp3) is 0.333. The van der Waals surface area contributed by atoms with E-state index >= 15 is 0 Å². The van der Waals surface area contributed by atoms with Gasteiger partial charge in [0, 0.05) is 18.8 Å². The largest absolute Gasteiger partial charge is 0.0688 e. The second kappa shape index (κ2) is 5.61. The van der Waals surface area contributed by atoms with Crippen molar-refractivity contribution in [2.75, 3.05) is 0 Å². The zero-order valence-electron chi connectivity index (χ0n) is 14.1. The zero-order valence-corrected chi connectivity index (χ0v) is 16.1. The first-order valence-corrected chi connectivity index (χ1v) is 11.0. The molecule has 0 N–H and O–H groups in total. The predicted molar refractivity (Wildman–Crippen MR) is 101 cm³/mol. The van der Waals surface area contributed by atoms with Crippen LogP contribution < -0.4 is 0 Å². The van der Waals surface area contributed by atoms with E-state index in [-0.39, 0.29) is 0 Å². The molecule has 0 spiro atoms. The van der Waals surface area contributed by atoms with E-state index in [9.17, 15) is 0 Å². The Morgan fingerprint density at radius 2 is 1.74 bits per heavy atom. The Morgan fingerprint density at radius 1 is 1.00 bits per heavy atom. The molecular weight excluding hydrogens is 308 g/mol. The maximum atomic E-state index is 3.81. The summed E-state index contributed by atoms with van der Waals surface area (Å²) in [6.45, 7) is 6.71. The summed E-state index contributed by atoms with van der Waals surface area (Å²) in [5.41, 5.74) is 14.0. The lowest BCUT2D eigenvalue weighted by Crippen LogP contribution is -2.08. The number of allylic oxidation sites excluding steroid dienone is 1. The number of fused-ring (bicyclic) bond motifs is 2. The summed E-state index contributed by atoms with van der Waals surface area (Å²) in [4.78, 5) is 0. The van der Waals surface area contributed by atoms with Gasteiger partial charge < -0.3 is 0 Å². The molecule has 5 radical (unpaired) electrons. The van der Waals surface area contributed by atoms with E-state index in [1.165, 1.54) is 52.7 Å². The van der Waals surface area contributed by atoms with Gasteiger partial charge in [-0.05, 0) is 79.0 Å². The summed E-state index contributed by atoms with van der Waals surface area (Å²) in [5, 5.41) is 0. The van der Waals surface area contributed by atoms with E-state index in [1.54, 1.807) is 16.7 Å². The Labute approximate surface area is 145 Å². The monoisotopic (exact) mass is 329 g/mol. The molecule has 0 nitrogen and oxygen atoms in total. The van der Waals surface area contributed by atoms with Crippen LogP contribution in [0.4, 0.5) is 0 Å². The van der Waals surface area contributed by atoms with E-state index in [0.29, 0.717) is 5.54 Å². The summed E-state index contributed by atoms with van der Waals surface area (Å²) in [7, 11) is 4.57. The second-order valence-electron chi connectivity index (χ2n) is 7.09. The van der Waals surface area contributed by atoms with Gasteiger partial charge in [0.05, 0.1) is 0 Å². The summed E-state index contributed by atoms with van der Waals surface area (Å²) < 4.78 is 0. The van der Waals surface area contributed by atoms with Crippen LogP contribution >= 0.6 is 0 Å². The molecule has 113 valence electrons. The molecule has 23 heavy (non-hydrogen) atoms. The maximum absolute atomic E-state index is 3.81. The van der Waals surface area contributed by atoms with Crippen molar-refractivity contribution in [3.05, 3.63) is 63.2 Å². The Balaban J connectivity index is 2.03. The molecule has 0 fully saturated rings. The standard InChI is InChI=1S/C21H21Si2/c1-12-7-13(2)9-16(8-12)20-17-6-4-5-15(17)11-19-18(20)10-14(3)21(19)23-22/h7-11,21H,4-6H2,1-3H3. The van der Waals surface area contributed by atoms with Crippen LogP contribution in [0.2, 0.25) is 0 Å². The lowest BCUT2D eigenvalue weighted by molar-refractivity contribution is 0.911. The second-order valence-corrected chi connectivity index (χ2v) is 8.82. The van der Waals surface area contributed by atoms with Gasteiger partial charge in [0.15, 0.2) is 0 Å². The van der Waals surface area contributed by atoms with Gasteiger partial charge in [0.2, 0.25) is 0 Å². The van der Waals surface area contributed by atoms with Crippen molar-refractivity contribution in [2.45, 2.75) is 45.6 Å². The molecule has 1 unspecified atom stereocenters. The van der Waals surface area contributed by atoms with Crippen LogP contribution in [-0.4, -0.2) is 18.8 Å². The van der Waals surface area contributed by atoms with Gasteiger partial charge in [-0.2, -0.15) is 0 Å². The van der Waals surface area contributed by atoms with E-state index in [0.717, 1.165) is 9.04 Å². The average Bonchev–Trinajstić information content (AvgIpc) is 3.06. The topological polar surface area (TPSA) is 0 Å². The molecule has 0 heterocycles. The summed E-state index contributed by atoms with van der Waals surface area (Å²) in [6.07, 6.45) is 6.23. The van der Waals surface area contributed by atoms with Crippen molar-refractivity contribution < 1.29 is 0 Å². The van der Waals surface area contributed by atoms with Gasteiger partial charge in [-0.25, -0.2) is 0 Å². The molecule has 2 aromatic rings. The molecule has 0 bridgehead atoms. The summed E-state index contributed by atoms with van der Waals surface area (Å²) in [5.74, 6) is 0. The molecule has 2 heteroatoms. The van der Waals surface area contributed by atoms with Crippen molar-refractivity contribution in [1.29, 1.82) is 0 Å². The van der Waals surface area contributed by atoms with Crippen LogP contribution in [0.15, 0.2) is 29.8 Å². The fourth-order valence-electron chi connectivity index (χ4n) is 4.38. The quantitative estimate of drug-likeness (QED) is 0.700. The molecule has 0 saturated carbocycles. The smallest absolute Gasteiger partial charge is 0.0338 e. The minimum Gasteiger partial charge on any atom is -0.0688 e. The van der Waals surface area contributed by atoms with Crippen molar-refractivity contribution in [2.24, 2.45) is 0 Å². The van der Waals surface area contributed by atoms with Crippen molar-refractivity contribution >= 4 is 24.9 Å². The van der Waals surface area contributed by atoms with Crippen molar-refractivity contribution in [1.82, 2.24) is 0 Å². The van der Waals surface area contributed by atoms with Gasteiger partial charge in [-0.1, -0.05) is 47.0 Å². The van der Waals surface area contributed by atoms with Gasteiger partial charge in [0.25, 0.3) is 0 Å². The Hall–Kier alpha value is -1.39. The predicted octanol–water partition coefficient (Wildman–Crippen LogP) is 4.70. The number of benzene rings is 2. The maximum Gasteiger partial charge on any atom is 0.0338 e. The third kappa shape index (κ3) is 2.39. The molecule has 0 aromatic heterocycles. The van der Waals surface area contributed by atoms with Gasteiger partial charge in [0.1, 0.15) is 0 Å². The first-order chi connectivity index (χ1) is 11.1. The molecule has 4 rings (SSSR count). The highest BCUT2D eigenvalue weighted by atomic mass is 29.1. The van der Waals surface area contributed by atoms with Crippen LogP contribution in [0.5, 0.6) is 0 Å². The fourth-order valence-corrected chi connectivity index (χ4v) is 6.23. The Kier molecular flexibility index (Phi) is 3.69. The molecule has 0 saturated heterocycles. The minimum atomic E-state index is 0.567. The normalized spacial score (nSPS) is 18.8. The summed E-state index contributed by atoms with van der Waals surface area (Å²) >= 11 is 0. The number of aryl methyl sites for hydroxylation is 3. The molecule has 2 aliphatic carbocycles. The number of hydrogen-bond acceptors (Lipinski definition) is 0. The Bertz CT molecular complexity index is 810. The number of hydrogen-bond donors (Lipinski definition) is 0. The Morgan fingerprint density at radius 3 is 2.43 bits per heavy atom. The first-order valence-electron chi connectivity index (χ1n) is 8.46. The van der Waals surface area contributed by atoms with Crippen LogP contribution in [-0.2, 0) is 12.8 Å². The first kappa shape index (κ1) is 15.2. The highest BCUT2D eigenvalue weighted by Crippen LogP contribution is 2.45. The van der Waals surface area contributed by atoms with Crippen molar-refractivity contribution in [3.8, 4) is 11.1 Å². The van der Waals surface area contributed by atoms with Gasteiger partial charge in [-0.3, -0.25) is 0 Å². The highest BCUT2D eigenvalue weighted by Gasteiger charge is 2.28. The molecular formula is C21H21Si2. The molecule has 1 atom stereocenters. The van der Waals surface area contributed by atoms with Crippen LogP contribution in [0, 0.1) is 13.8 Å². The highest BCUT2D eigenvalue weighted by molar-refractivity contribution is 6.90. The molecule has 2 aromatic carbocycles. The molecule has 0 aliphatic heterocycles. The van der Waals surface area contributed by atoms with Gasteiger partial charge in [-0.15, -0.1) is 0 Å². The van der Waals surface area contributed by atoms with E-state index in [4.69, 9.17) is 0 Å². The van der Waals surface area contributed by atoms with Crippen LogP contribution in [0.25, 0.3) is 17.2 Å². The van der Waals surface area contributed by atoms with Crippen LogP contribution in [0.3, 0.4) is 0 Å². The van der Waals surface area contributed by atoms with Crippen molar-refractivity contribution in [3.63, 3.8) is 0 Å². The lowest BCUT2D eigenvalue weighted by Gasteiger charge is -2.18. The van der Waals surface area contributed by atoms with E-state index in [2.05, 4.69) is 60.9 Å². The zero-order chi connectivity index (χ0) is 16.1. The summed E-state index contributed by atoms with van der Waals surface area (Å²) in [6, 6.07) is 9.52. The van der Waals surface area contributed by atoms with E-state index < -0.39 is 0 Å². The van der Waals surface area contributed by atoms with Gasteiger partial charge >= 0.3 is 0 Å².